The number of nitrogens with zero attached hydrogens (tertiary/aromatic N) is 5. The minimum atomic E-state index is -1.04. The van der Waals surface area contributed by atoms with Gasteiger partial charge in [0.05, 0.1) is 27.4 Å². The summed E-state index contributed by atoms with van der Waals surface area (Å²) in [4.78, 5) is 25.2. The first-order chi connectivity index (χ1) is 22.1. The zero-order valence-electron chi connectivity index (χ0n) is 26.2. The number of rotatable bonds is 14. The number of amidine groups is 1. The van der Waals surface area contributed by atoms with Crippen molar-refractivity contribution in [2.75, 3.05) is 39.4 Å². The topological polar surface area (TPSA) is 179 Å². The molecular weight excluding hydrogens is 599 g/mol. The third-order valence-corrected chi connectivity index (χ3v) is 6.98. The highest BCUT2D eigenvalue weighted by Gasteiger charge is 2.28. The zero-order chi connectivity index (χ0) is 33.3. The molecule has 0 radical (unpaired) electrons. The number of amides is 1. The Morgan fingerprint density at radius 1 is 1.13 bits per heavy atom. The molecule has 4 aromatic rings. The average molecular weight is 637 g/mol. The molecule has 0 fully saturated rings. The summed E-state index contributed by atoms with van der Waals surface area (Å²) in [5.74, 6) is -0.455. The first-order valence-electron chi connectivity index (χ1n) is 14.4. The van der Waals surface area contributed by atoms with Crippen molar-refractivity contribution in [3.05, 3.63) is 77.6 Å². The lowest BCUT2D eigenvalue weighted by atomic mass is 9.92. The fraction of sp³-hybridized carbons (Fsp3) is 0.355. The average Bonchev–Trinajstić information content (AvgIpc) is 3.51. The van der Waals surface area contributed by atoms with Gasteiger partial charge in [0.1, 0.15) is 24.2 Å². The number of aliphatic hydroxyl groups excluding tert-OH is 1. The number of carbonyl (C=O) groups excluding carboxylic acids is 1. The third-order valence-electron chi connectivity index (χ3n) is 6.98. The molecule has 0 saturated heterocycles. The van der Waals surface area contributed by atoms with Gasteiger partial charge in [0.25, 0.3) is 5.95 Å². The maximum absolute atomic E-state index is 16.0. The number of carbonyl (C=O) groups is 1. The highest BCUT2D eigenvalue weighted by molar-refractivity contribution is 6.04. The van der Waals surface area contributed by atoms with Gasteiger partial charge in [0.2, 0.25) is 0 Å². The van der Waals surface area contributed by atoms with E-state index in [2.05, 4.69) is 30.7 Å². The number of benzene rings is 2. The molecule has 15 heteroatoms. The van der Waals surface area contributed by atoms with E-state index in [1.165, 1.54) is 43.4 Å². The smallest absolute Gasteiger partial charge is 0.412 e. The third kappa shape index (κ3) is 8.24. The summed E-state index contributed by atoms with van der Waals surface area (Å²) in [5, 5.41) is 27.8. The molecule has 244 valence electrons. The molecule has 1 amide bonds. The van der Waals surface area contributed by atoms with Gasteiger partial charge in [0, 0.05) is 35.3 Å². The predicted molar refractivity (Wildman–Crippen MR) is 166 cm³/mol. The van der Waals surface area contributed by atoms with Gasteiger partial charge >= 0.3 is 12.1 Å². The lowest BCUT2D eigenvalue weighted by Crippen LogP contribution is -2.33. The summed E-state index contributed by atoms with van der Waals surface area (Å²) in [6.07, 6.45) is 3.17. The van der Waals surface area contributed by atoms with Gasteiger partial charge in [-0.25, -0.2) is 19.2 Å². The van der Waals surface area contributed by atoms with E-state index in [1.54, 1.807) is 30.3 Å². The molecule has 14 nitrogen and oxygen atoms in total. The van der Waals surface area contributed by atoms with Gasteiger partial charge in [-0.3, -0.25) is 10.7 Å². The van der Waals surface area contributed by atoms with Crippen molar-refractivity contribution in [2.45, 2.75) is 33.2 Å². The summed E-state index contributed by atoms with van der Waals surface area (Å²) >= 11 is 0. The van der Waals surface area contributed by atoms with E-state index in [0.717, 1.165) is 6.42 Å². The molecule has 4 N–H and O–H groups in total. The number of hydrogen-bond donors (Lipinski definition) is 4. The van der Waals surface area contributed by atoms with Crippen LogP contribution in [0.15, 0.2) is 54.9 Å². The zero-order valence-corrected chi connectivity index (χ0v) is 26.2. The second-order valence-corrected chi connectivity index (χ2v) is 10.8. The second-order valence-electron chi connectivity index (χ2n) is 10.8. The Bertz CT molecular complexity index is 1630. The minimum Gasteiger partial charge on any atom is -0.497 e. The van der Waals surface area contributed by atoms with E-state index < -0.39 is 18.0 Å². The Morgan fingerprint density at radius 2 is 1.85 bits per heavy atom. The first kappa shape index (κ1) is 33.6. The molecule has 0 bridgehead atoms. The van der Waals surface area contributed by atoms with Crippen LogP contribution in [0.2, 0.25) is 0 Å². The van der Waals surface area contributed by atoms with E-state index in [9.17, 15) is 9.90 Å². The van der Waals surface area contributed by atoms with Gasteiger partial charge in [-0.15, -0.1) is 9.78 Å². The van der Waals surface area contributed by atoms with Crippen LogP contribution in [0.1, 0.15) is 50.2 Å². The summed E-state index contributed by atoms with van der Waals surface area (Å²) in [5.41, 5.74) is 0.795. The van der Waals surface area contributed by atoms with Crippen molar-refractivity contribution >= 4 is 17.6 Å². The number of ether oxygens (including phenoxy) is 4. The standard InChI is InChI=1S/C31H37FN8O6/c1-6-31(2,3)18-46-30(42)37-26(33)19-8-10-20(11-9-19)36-25(22-16-21(43-4)17-23(24(22)32)45-15-14-41)27-38-29(44-5)40(39-27)28-34-12-7-13-35-28/h7-13,16-17,25,36,41H,6,14-15,18H2,1-5H3,(H2,33,37,42)/t25-/m1/s1. The van der Waals surface area contributed by atoms with Gasteiger partial charge in [-0.1, -0.05) is 20.8 Å². The van der Waals surface area contributed by atoms with Gasteiger partial charge in [-0.05, 0) is 48.2 Å². The van der Waals surface area contributed by atoms with E-state index in [1.807, 2.05) is 20.8 Å². The molecule has 2 aromatic heterocycles. The Hall–Kier alpha value is -5.31. The number of alkyl carbamates (subject to hydrolysis) is 1. The van der Waals surface area contributed by atoms with E-state index >= 15 is 4.39 Å². The molecule has 0 unspecified atom stereocenters. The van der Waals surface area contributed by atoms with Gasteiger partial charge in [0.15, 0.2) is 17.4 Å². The SMILES string of the molecule is CCC(C)(C)COC(=O)NC(=N)c1ccc(N[C@@H](c2nc(OC)n(-c3ncccn3)n2)c2cc(OC)cc(OCCO)c2F)cc1. The van der Waals surface area contributed by atoms with Crippen LogP contribution in [0.5, 0.6) is 17.5 Å². The van der Waals surface area contributed by atoms with Crippen LogP contribution in [0.4, 0.5) is 14.9 Å². The van der Waals surface area contributed by atoms with Crippen LogP contribution >= 0.6 is 0 Å². The maximum Gasteiger partial charge on any atom is 0.412 e. The Morgan fingerprint density at radius 3 is 2.48 bits per heavy atom. The number of anilines is 1. The van der Waals surface area contributed by atoms with Crippen molar-refractivity contribution in [2.24, 2.45) is 5.41 Å². The molecule has 46 heavy (non-hydrogen) atoms. The minimum absolute atomic E-state index is 0.0529. The molecule has 0 spiro atoms. The van der Waals surface area contributed by atoms with Crippen molar-refractivity contribution in [3.63, 3.8) is 0 Å². The van der Waals surface area contributed by atoms with E-state index in [-0.39, 0.29) is 65.9 Å². The Balaban J connectivity index is 1.67. The molecular formula is C31H37FN8O6. The Kier molecular flexibility index (Phi) is 11.0. The molecule has 0 aliphatic rings. The van der Waals surface area contributed by atoms with E-state index in [4.69, 9.17) is 24.4 Å². The number of aromatic nitrogens is 5. The largest absolute Gasteiger partial charge is 0.497 e. The monoisotopic (exact) mass is 636 g/mol. The van der Waals surface area contributed by atoms with Gasteiger partial charge < -0.3 is 29.4 Å². The second kappa shape index (κ2) is 15.1. The highest BCUT2D eigenvalue weighted by atomic mass is 19.1. The predicted octanol–water partition coefficient (Wildman–Crippen LogP) is 4.27. The van der Waals surface area contributed by atoms with Crippen LogP contribution in [0, 0.1) is 16.6 Å². The van der Waals surface area contributed by atoms with Gasteiger partial charge in [-0.2, -0.15) is 4.98 Å². The van der Waals surface area contributed by atoms with Crippen LogP contribution in [0.3, 0.4) is 0 Å². The van der Waals surface area contributed by atoms with Crippen molar-refractivity contribution < 1.29 is 33.2 Å². The summed E-state index contributed by atoms with van der Waals surface area (Å²) < 4.78 is 38.8. The summed E-state index contributed by atoms with van der Waals surface area (Å²) in [6, 6.07) is 10.0. The fourth-order valence-electron chi connectivity index (χ4n) is 4.03. The highest BCUT2D eigenvalue weighted by Crippen LogP contribution is 2.36. The maximum atomic E-state index is 16.0. The molecule has 0 aliphatic carbocycles. The molecule has 0 aliphatic heterocycles. The molecule has 2 aromatic carbocycles. The fourth-order valence-corrected chi connectivity index (χ4v) is 4.03. The summed E-state index contributed by atoms with van der Waals surface area (Å²) in [7, 11) is 2.84. The normalized spacial score (nSPS) is 11.8. The van der Waals surface area contributed by atoms with Crippen LogP contribution in [-0.2, 0) is 4.74 Å². The number of methoxy groups -OCH3 is 2. The van der Waals surface area contributed by atoms with Crippen LogP contribution < -0.4 is 24.8 Å². The lowest BCUT2D eigenvalue weighted by Gasteiger charge is -2.22. The molecule has 2 heterocycles. The molecule has 1 atom stereocenters. The van der Waals surface area contributed by atoms with Crippen LogP contribution in [0.25, 0.3) is 5.95 Å². The molecule has 4 rings (SSSR count). The lowest BCUT2D eigenvalue weighted by molar-refractivity contribution is 0.101. The Labute approximate surface area is 265 Å². The van der Waals surface area contributed by atoms with Crippen molar-refractivity contribution in [1.82, 2.24) is 30.0 Å². The van der Waals surface area contributed by atoms with Crippen LogP contribution in [-0.4, -0.2) is 75.8 Å². The van der Waals surface area contributed by atoms with Crippen molar-refractivity contribution in [3.8, 4) is 23.5 Å². The number of hydrogen-bond acceptors (Lipinski definition) is 12. The van der Waals surface area contributed by atoms with E-state index in [0.29, 0.717) is 11.3 Å². The van der Waals surface area contributed by atoms with Crippen molar-refractivity contribution in [1.29, 1.82) is 5.41 Å². The first-order valence-corrected chi connectivity index (χ1v) is 14.4. The number of aliphatic hydroxyl groups is 1. The number of nitrogens with one attached hydrogen (secondary N) is 3. The quantitative estimate of drug-likeness (QED) is 0.115. The summed E-state index contributed by atoms with van der Waals surface area (Å²) in [6.45, 7) is 5.72. The molecule has 0 saturated carbocycles. The number of halogens is 1.